The largest absolute Gasteiger partial charge is 0.507 e. The van der Waals surface area contributed by atoms with Gasteiger partial charge in [-0.15, -0.1) is 0 Å². The zero-order chi connectivity index (χ0) is 15.2. The molecule has 0 bridgehead atoms. The van der Waals surface area contributed by atoms with Crippen molar-refractivity contribution in [3.05, 3.63) is 28.2 Å². The first-order valence-corrected chi connectivity index (χ1v) is 7.92. The van der Waals surface area contributed by atoms with Crippen LogP contribution in [0.5, 0.6) is 5.75 Å². The Morgan fingerprint density at radius 3 is 2.62 bits per heavy atom. The van der Waals surface area contributed by atoms with Gasteiger partial charge >= 0.3 is 0 Å². The number of benzene rings is 1. The van der Waals surface area contributed by atoms with Gasteiger partial charge < -0.3 is 15.3 Å². The number of piperidine rings is 1. The number of hydrogen-bond donors (Lipinski definition) is 2. The molecule has 5 nitrogen and oxygen atoms in total. The minimum atomic E-state index is -0.369. The van der Waals surface area contributed by atoms with E-state index in [1.165, 1.54) is 12.5 Å². The summed E-state index contributed by atoms with van der Waals surface area (Å²) < 4.78 is 0.705. The van der Waals surface area contributed by atoms with Gasteiger partial charge in [0.15, 0.2) is 0 Å². The van der Waals surface area contributed by atoms with Crippen molar-refractivity contribution in [3.8, 4) is 5.75 Å². The minimum absolute atomic E-state index is 0.0787. The molecule has 0 spiro atoms. The Morgan fingerprint density at radius 2 is 1.95 bits per heavy atom. The molecule has 1 fully saturated rings. The number of rotatable bonds is 4. The second-order valence-electron chi connectivity index (χ2n) is 5.11. The molecule has 0 atom stereocenters. The van der Waals surface area contributed by atoms with Crippen LogP contribution in [0.1, 0.15) is 36.0 Å². The summed E-state index contributed by atoms with van der Waals surface area (Å²) in [5.41, 5.74) is 0.212. The lowest BCUT2D eigenvalue weighted by atomic mass is 10.1. The van der Waals surface area contributed by atoms with Crippen LogP contribution in [0.15, 0.2) is 22.7 Å². The van der Waals surface area contributed by atoms with Crippen LogP contribution in [-0.4, -0.2) is 41.5 Å². The lowest BCUT2D eigenvalue weighted by Gasteiger charge is -2.26. The van der Waals surface area contributed by atoms with Gasteiger partial charge in [0.1, 0.15) is 5.75 Å². The van der Waals surface area contributed by atoms with E-state index in [0.29, 0.717) is 10.9 Å². The monoisotopic (exact) mass is 354 g/mol. The molecule has 21 heavy (non-hydrogen) atoms. The van der Waals surface area contributed by atoms with Gasteiger partial charge in [-0.05, 0) is 37.5 Å². The van der Waals surface area contributed by atoms with Gasteiger partial charge in [0.05, 0.1) is 5.56 Å². The van der Waals surface area contributed by atoms with Crippen molar-refractivity contribution in [2.45, 2.75) is 25.7 Å². The van der Waals surface area contributed by atoms with E-state index in [4.69, 9.17) is 0 Å². The fraction of sp³-hybridized carbons (Fsp3) is 0.467. The van der Waals surface area contributed by atoms with Gasteiger partial charge in [0.25, 0.3) is 5.91 Å². The second kappa shape index (κ2) is 7.45. The number of nitrogens with zero attached hydrogens (tertiary/aromatic N) is 1. The van der Waals surface area contributed by atoms with Crippen molar-refractivity contribution >= 4 is 27.7 Å². The number of likely N-dealkylation sites (tertiary alicyclic amines) is 1. The van der Waals surface area contributed by atoms with Crippen LogP contribution in [0.2, 0.25) is 0 Å². The van der Waals surface area contributed by atoms with E-state index < -0.39 is 0 Å². The van der Waals surface area contributed by atoms with Gasteiger partial charge in [-0.3, -0.25) is 9.59 Å². The van der Waals surface area contributed by atoms with Gasteiger partial charge in [-0.25, -0.2) is 0 Å². The van der Waals surface area contributed by atoms with E-state index >= 15 is 0 Å². The minimum Gasteiger partial charge on any atom is -0.507 e. The number of amides is 2. The Bertz CT molecular complexity index is 528. The molecule has 1 heterocycles. The van der Waals surface area contributed by atoms with Crippen LogP contribution in [0.4, 0.5) is 0 Å². The number of carbonyl (C=O) groups is 2. The Balaban J connectivity index is 1.79. The van der Waals surface area contributed by atoms with Crippen molar-refractivity contribution in [1.82, 2.24) is 10.2 Å². The molecule has 0 saturated carbocycles. The lowest BCUT2D eigenvalue weighted by Crippen LogP contribution is -2.37. The predicted molar refractivity (Wildman–Crippen MR) is 83.2 cm³/mol. The van der Waals surface area contributed by atoms with Crippen molar-refractivity contribution in [2.75, 3.05) is 19.6 Å². The lowest BCUT2D eigenvalue weighted by molar-refractivity contribution is -0.131. The highest BCUT2D eigenvalue weighted by molar-refractivity contribution is 9.10. The Morgan fingerprint density at radius 1 is 1.24 bits per heavy atom. The highest BCUT2D eigenvalue weighted by atomic mass is 79.9. The Kier molecular flexibility index (Phi) is 5.61. The summed E-state index contributed by atoms with van der Waals surface area (Å²) in [5.74, 6) is -0.370. The molecular weight excluding hydrogens is 336 g/mol. The number of hydrogen-bond acceptors (Lipinski definition) is 3. The maximum absolute atomic E-state index is 11.9. The van der Waals surface area contributed by atoms with Crippen molar-refractivity contribution in [2.24, 2.45) is 0 Å². The van der Waals surface area contributed by atoms with Crippen LogP contribution in [-0.2, 0) is 4.79 Å². The summed E-state index contributed by atoms with van der Waals surface area (Å²) >= 11 is 3.22. The first kappa shape index (κ1) is 15.8. The summed E-state index contributed by atoms with van der Waals surface area (Å²) in [6, 6.07) is 4.70. The van der Waals surface area contributed by atoms with E-state index in [1.807, 2.05) is 4.90 Å². The first-order valence-electron chi connectivity index (χ1n) is 7.12. The highest BCUT2D eigenvalue weighted by Crippen LogP contribution is 2.22. The smallest absolute Gasteiger partial charge is 0.255 e. The molecule has 1 aliphatic heterocycles. The maximum Gasteiger partial charge on any atom is 0.255 e. The maximum atomic E-state index is 11.9. The first-order chi connectivity index (χ1) is 10.1. The van der Waals surface area contributed by atoms with E-state index in [0.717, 1.165) is 25.9 Å². The van der Waals surface area contributed by atoms with Crippen molar-refractivity contribution in [3.63, 3.8) is 0 Å². The topological polar surface area (TPSA) is 69.6 Å². The fourth-order valence-electron chi connectivity index (χ4n) is 2.38. The molecule has 1 saturated heterocycles. The van der Waals surface area contributed by atoms with E-state index in [-0.39, 0.29) is 29.7 Å². The molecule has 0 unspecified atom stereocenters. The second-order valence-corrected chi connectivity index (χ2v) is 6.02. The average Bonchev–Trinajstić information content (AvgIpc) is 2.47. The van der Waals surface area contributed by atoms with Gasteiger partial charge in [0.2, 0.25) is 5.91 Å². The summed E-state index contributed by atoms with van der Waals surface area (Å²) in [6.45, 7) is 1.92. The van der Waals surface area contributed by atoms with Crippen LogP contribution in [0.3, 0.4) is 0 Å². The molecule has 2 N–H and O–H groups in total. The molecule has 0 aromatic heterocycles. The third-order valence-corrected chi connectivity index (χ3v) is 4.03. The number of nitrogens with one attached hydrogen (secondary N) is 1. The standard InChI is InChI=1S/C15H19BrN2O3/c16-11-4-5-12(13(19)10-11)15(21)17-7-6-14(20)18-8-2-1-3-9-18/h4-5,10,19H,1-3,6-9H2,(H,17,21). The molecule has 1 aliphatic rings. The number of halogens is 1. The molecule has 2 amide bonds. The van der Waals surface area contributed by atoms with Gasteiger partial charge in [-0.1, -0.05) is 15.9 Å². The highest BCUT2D eigenvalue weighted by Gasteiger charge is 2.17. The average molecular weight is 355 g/mol. The molecule has 0 aliphatic carbocycles. The van der Waals surface area contributed by atoms with Gasteiger partial charge in [0, 0.05) is 30.5 Å². The summed E-state index contributed by atoms with van der Waals surface area (Å²) in [5, 5.41) is 12.4. The fourth-order valence-corrected chi connectivity index (χ4v) is 2.73. The predicted octanol–water partition coefficient (Wildman–Crippen LogP) is 2.29. The van der Waals surface area contributed by atoms with Gasteiger partial charge in [-0.2, -0.15) is 0 Å². The quantitative estimate of drug-likeness (QED) is 0.871. The van der Waals surface area contributed by atoms with Crippen LogP contribution in [0.25, 0.3) is 0 Å². The molecule has 1 aromatic rings. The van der Waals surface area contributed by atoms with Crippen molar-refractivity contribution in [1.29, 1.82) is 0 Å². The van der Waals surface area contributed by atoms with E-state index in [9.17, 15) is 14.7 Å². The Hall–Kier alpha value is -1.56. The normalized spacial score (nSPS) is 14.8. The van der Waals surface area contributed by atoms with E-state index in [2.05, 4.69) is 21.2 Å². The van der Waals surface area contributed by atoms with Crippen LogP contribution in [0, 0.1) is 0 Å². The SMILES string of the molecule is O=C(NCCC(=O)N1CCCCC1)c1ccc(Br)cc1O. The zero-order valence-electron chi connectivity index (χ0n) is 11.8. The summed E-state index contributed by atoms with van der Waals surface area (Å²) in [7, 11) is 0. The number of carbonyl (C=O) groups excluding carboxylic acids is 2. The molecule has 0 radical (unpaired) electrons. The molecule has 114 valence electrons. The number of phenols is 1. The van der Waals surface area contributed by atoms with E-state index in [1.54, 1.807) is 12.1 Å². The summed E-state index contributed by atoms with van der Waals surface area (Å²) in [4.78, 5) is 25.7. The summed E-state index contributed by atoms with van der Waals surface area (Å²) in [6.07, 6.45) is 3.60. The molecule has 1 aromatic carbocycles. The van der Waals surface area contributed by atoms with Crippen molar-refractivity contribution < 1.29 is 14.7 Å². The number of aromatic hydroxyl groups is 1. The zero-order valence-corrected chi connectivity index (χ0v) is 13.4. The third kappa shape index (κ3) is 4.46. The Labute approximate surface area is 132 Å². The molecular formula is C15H19BrN2O3. The third-order valence-electron chi connectivity index (χ3n) is 3.54. The molecule has 6 heteroatoms. The van der Waals surface area contributed by atoms with Crippen LogP contribution < -0.4 is 5.32 Å². The molecule has 2 rings (SSSR count). The number of phenolic OH excluding ortho intramolecular Hbond substituents is 1. The van der Waals surface area contributed by atoms with Crippen LogP contribution >= 0.6 is 15.9 Å².